The first-order valence-electron chi connectivity index (χ1n) is 8.50. The Labute approximate surface area is 151 Å². The van der Waals surface area contributed by atoms with Gasteiger partial charge in [-0.25, -0.2) is 10.4 Å². The van der Waals surface area contributed by atoms with Gasteiger partial charge in [0.1, 0.15) is 0 Å². The summed E-state index contributed by atoms with van der Waals surface area (Å²) in [6, 6.07) is 6.45. The van der Waals surface area contributed by atoms with Crippen LogP contribution in [0, 0.1) is 5.92 Å². The molecule has 2 aliphatic heterocycles. The summed E-state index contributed by atoms with van der Waals surface area (Å²) in [5.74, 6) is 3.16. The second-order valence-corrected chi connectivity index (χ2v) is 7.31. The third-order valence-corrected chi connectivity index (χ3v) is 5.60. The molecule has 134 valence electrons. The van der Waals surface area contributed by atoms with E-state index in [1.807, 2.05) is 30.1 Å². The molecule has 0 amide bonds. The number of aryl methyl sites for hydroxylation is 1. The molecule has 8 heteroatoms. The van der Waals surface area contributed by atoms with Gasteiger partial charge >= 0.3 is 0 Å². The van der Waals surface area contributed by atoms with Crippen LogP contribution in [0.2, 0.25) is 0 Å². The fraction of sp³-hybridized carbons (Fsp3) is 0.471. The van der Waals surface area contributed by atoms with Crippen LogP contribution in [-0.4, -0.2) is 41.7 Å². The van der Waals surface area contributed by atoms with Gasteiger partial charge in [0, 0.05) is 50.7 Å². The number of hydrogen-bond acceptors (Lipinski definition) is 7. The van der Waals surface area contributed by atoms with E-state index in [1.165, 1.54) is 5.56 Å². The van der Waals surface area contributed by atoms with Crippen LogP contribution in [-0.2, 0) is 7.05 Å². The third kappa shape index (κ3) is 3.77. The highest BCUT2D eigenvalue weighted by Gasteiger charge is 2.29. The molecule has 1 aromatic heterocycles. The summed E-state index contributed by atoms with van der Waals surface area (Å²) in [6.07, 6.45) is 3.81. The molecule has 7 nitrogen and oxygen atoms in total. The summed E-state index contributed by atoms with van der Waals surface area (Å²) in [7, 11) is 2.02. The molecular weight excluding hydrogens is 338 g/mol. The van der Waals surface area contributed by atoms with Crippen molar-refractivity contribution in [3.8, 4) is 11.5 Å². The van der Waals surface area contributed by atoms with Crippen molar-refractivity contribution in [1.29, 1.82) is 0 Å². The summed E-state index contributed by atoms with van der Waals surface area (Å²) < 4.78 is 12.9. The van der Waals surface area contributed by atoms with Crippen molar-refractivity contribution in [2.24, 2.45) is 13.0 Å². The first kappa shape index (κ1) is 16.7. The van der Waals surface area contributed by atoms with Gasteiger partial charge in [-0.15, -0.1) is 0 Å². The van der Waals surface area contributed by atoms with E-state index in [4.69, 9.17) is 9.47 Å². The Morgan fingerprint density at radius 1 is 1.36 bits per heavy atom. The lowest BCUT2D eigenvalue weighted by Gasteiger charge is -2.19. The first-order valence-corrected chi connectivity index (χ1v) is 9.48. The maximum Gasteiger partial charge on any atom is 0.231 e. The van der Waals surface area contributed by atoms with Crippen LogP contribution in [0.15, 0.2) is 35.7 Å². The zero-order valence-electron chi connectivity index (χ0n) is 14.2. The molecule has 4 rings (SSSR count). The number of benzene rings is 1. The molecule has 0 spiro atoms. The summed E-state index contributed by atoms with van der Waals surface area (Å²) in [4.78, 5) is 4.33. The van der Waals surface area contributed by atoms with Crippen molar-refractivity contribution in [3.63, 3.8) is 0 Å². The lowest BCUT2D eigenvalue weighted by molar-refractivity contribution is 0.174. The number of aromatic nitrogens is 2. The number of nitrogens with zero attached hydrogens (tertiary/aromatic N) is 2. The Morgan fingerprint density at radius 3 is 3.16 bits per heavy atom. The average Bonchev–Trinajstić information content (AvgIpc) is 3.35. The Morgan fingerprint density at radius 2 is 2.28 bits per heavy atom. The van der Waals surface area contributed by atoms with E-state index >= 15 is 0 Å². The molecule has 1 aromatic carbocycles. The topological polar surface area (TPSA) is 72.4 Å². The lowest BCUT2D eigenvalue weighted by atomic mass is 9.94. The van der Waals surface area contributed by atoms with Gasteiger partial charge in [0.25, 0.3) is 0 Å². The normalized spacial score (nSPS) is 21.8. The maximum absolute atomic E-state index is 5.50. The predicted octanol–water partition coefficient (Wildman–Crippen LogP) is 1.30. The van der Waals surface area contributed by atoms with Gasteiger partial charge in [-0.05, 0) is 17.7 Å². The maximum atomic E-state index is 5.50. The SMILES string of the molecule is Cn1ccnc1SCCNCC1CNNC1c1ccc2c(c1)OCO2. The molecule has 0 bridgehead atoms. The molecule has 25 heavy (non-hydrogen) atoms. The van der Waals surface area contributed by atoms with Crippen molar-refractivity contribution in [3.05, 3.63) is 36.2 Å². The van der Waals surface area contributed by atoms with Crippen LogP contribution in [0.25, 0.3) is 0 Å². The molecule has 3 N–H and O–H groups in total. The van der Waals surface area contributed by atoms with E-state index in [-0.39, 0.29) is 6.04 Å². The number of hydrazine groups is 1. The minimum atomic E-state index is 0.268. The van der Waals surface area contributed by atoms with Crippen LogP contribution < -0.4 is 25.6 Å². The number of hydrogen-bond donors (Lipinski definition) is 3. The van der Waals surface area contributed by atoms with Crippen LogP contribution in [0.5, 0.6) is 11.5 Å². The van der Waals surface area contributed by atoms with Gasteiger partial charge in [0.05, 0.1) is 6.04 Å². The highest BCUT2D eigenvalue weighted by atomic mass is 32.2. The number of thioether (sulfide) groups is 1. The van der Waals surface area contributed by atoms with E-state index in [9.17, 15) is 0 Å². The molecular formula is C17H23N5O2S. The van der Waals surface area contributed by atoms with Crippen molar-refractivity contribution in [2.75, 3.05) is 32.2 Å². The quantitative estimate of drug-likeness (QED) is 0.507. The van der Waals surface area contributed by atoms with E-state index in [2.05, 4.69) is 33.3 Å². The van der Waals surface area contributed by atoms with Gasteiger partial charge in [-0.2, -0.15) is 0 Å². The van der Waals surface area contributed by atoms with Crippen LogP contribution in [0.1, 0.15) is 11.6 Å². The first-order chi connectivity index (χ1) is 12.3. The van der Waals surface area contributed by atoms with Gasteiger partial charge in [-0.3, -0.25) is 5.43 Å². The monoisotopic (exact) mass is 361 g/mol. The van der Waals surface area contributed by atoms with Gasteiger partial charge in [0.15, 0.2) is 16.7 Å². The second kappa shape index (κ2) is 7.65. The second-order valence-electron chi connectivity index (χ2n) is 6.25. The minimum absolute atomic E-state index is 0.268. The van der Waals surface area contributed by atoms with Gasteiger partial charge in [0.2, 0.25) is 6.79 Å². The van der Waals surface area contributed by atoms with Gasteiger partial charge in [-0.1, -0.05) is 17.8 Å². The van der Waals surface area contributed by atoms with Crippen molar-refractivity contribution < 1.29 is 9.47 Å². The van der Waals surface area contributed by atoms with Crippen molar-refractivity contribution in [2.45, 2.75) is 11.2 Å². The molecule has 0 aliphatic carbocycles. The molecule has 1 fully saturated rings. The van der Waals surface area contributed by atoms with Crippen LogP contribution >= 0.6 is 11.8 Å². The van der Waals surface area contributed by atoms with Gasteiger partial charge < -0.3 is 19.4 Å². The van der Waals surface area contributed by atoms with Crippen LogP contribution in [0.4, 0.5) is 0 Å². The number of nitrogens with one attached hydrogen (secondary N) is 3. The molecule has 0 saturated carbocycles. The number of rotatable bonds is 7. The third-order valence-electron chi connectivity index (χ3n) is 4.54. The fourth-order valence-corrected chi connectivity index (χ4v) is 4.01. The Kier molecular flexibility index (Phi) is 5.12. The highest BCUT2D eigenvalue weighted by molar-refractivity contribution is 7.99. The molecule has 3 heterocycles. The zero-order chi connectivity index (χ0) is 17.1. The van der Waals surface area contributed by atoms with Crippen molar-refractivity contribution >= 4 is 11.8 Å². The molecule has 1 saturated heterocycles. The van der Waals surface area contributed by atoms with E-state index in [0.29, 0.717) is 12.7 Å². The van der Waals surface area contributed by atoms with Crippen molar-refractivity contribution in [1.82, 2.24) is 25.7 Å². The number of imidazole rings is 1. The van der Waals surface area contributed by atoms with E-state index < -0.39 is 0 Å². The zero-order valence-corrected chi connectivity index (χ0v) is 15.0. The molecule has 2 aliphatic rings. The van der Waals surface area contributed by atoms with E-state index in [0.717, 1.165) is 42.0 Å². The molecule has 2 atom stereocenters. The summed E-state index contributed by atoms with van der Waals surface area (Å²) in [6.45, 7) is 3.18. The fourth-order valence-electron chi connectivity index (χ4n) is 3.18. The average molecular weight is 361 g/mol. The van der Waals surface area contributed by atoms with E-state index in [1.54, 1.807) is 11.8 Å². The van der Waals surface area contributed by atoms with Crippen LogP contribution in [0.3, 0.4) is 0 Å². The highest BCUT2D eigenvalue weighted by Crippen LogP contribution is 2.36. The Bertz CT molecular complexity index is 723. The Hall–Kier alpha value is -1.74. The summed E-state index contributed by atoms with van der Waals surface area (Å²) >= 11 is 1.77. The summed E-state index contributed by atoms with van der Waals surface area (Å²) in [5, 5.41) is 4.63. The molecule has 2 aromatic rings. The standard InChI is InChI=1S/C17H23N5O2S/c1-22-6-4-19-17(22)25-7-5-18-9-13-10-20-21-16(13)12-2-3-14-15(8-12)24-11-23-14/h2-4,6,8,13,16,18,20-21H,5,7,9-11H2,1H3. The molecule has 0 radical (unpaired) electrons. The lowest BCUT2D eigenvalue weighted by Crippen LogP contribution is -2.30. The molecule has 2 unspecified atom stereocenters. The Balaban J connectivity index is 1.26. The smallest absolute Gasteiger partial charge is 0.231 e. The number of ether oxygens (including phenoxy) is 2. The predicted molar refractivity (Wildman–Crippen MR) is 96.7 cm³/mol. The number of fused-ring (bicyclic) bond motifs is 1. The summed E-state index contributed by atoms with van der Waals surface area (Å²) in [5.41, 5.74) is 7.88. The largest absolute Gasteiger partial charge is 0.454 e. The minimum Gasteiger partial charge on any atom is -0.454 e.